The van der Waals surface area contributed by atoms with E-state index in [0.717, 1.165) is 41.7 Å². The van der Waals surface area contributed by atoms with E-state index < -0.39 is 0 Å². The van der Waals surface area contributed by atoms with E-state index in [9.17, 15) is 4.79 Å². The first-order chi connectivity index (χ1) is 22.9. The van der Waals surface area contributed by atoms with Crippen molar-refractivity contribution in [1.82, 2.24) is 0 Å². The van der Waals surface area contributed by atoms with E-state index in [-0.39, 0.29) is 22.6 Å². The Morgan fingerprint density at radius 1 is 0.681 bits per heavy atom. The monoisotopic (exact) mass is 688 g/mol. The molecule has 47 heavy (non-hydrogen) atoms. The van der Waals surface area contributed by atoms with Crippen molar-refractivity contribution in [3.8, 4) is 11.5 Å². The molecular formula is C43H45BrO3. The van der Waals surface area contributed by atoms with Gasteiger partial charge in [-0.05, 0) is 90.0 Å². The maximum Gasteiger partial charge on any atom is 0.314 e. The topological polar surface area (TPSA) is 35.5 Å². The number of alkyl halides is 1. The van der Waals surface area contributed by atoms with E-state index >= 15 is 0 Å². The minimum Gasteiger partial charge on any atom is -0.489 e. The van der Waals surface area contributed by atoms with Crippen molar-refractivity contribution in [2.24, 2.45) is 5.92 Å². The molecular weight excluding hydrogens is 644 g/mol. The molecule has 0 fully saturated rings. The van der Waals surface area contributed by atoms with Gasteiger partial charge in [0.1, 0.15) is 18.1 Å². The molecule has 0 spiro atoms. The highest BCUT2D eigenvalue weighted by atomic mass is 79.9. The fourth-order valence-electron chi connectivity index (χ4n) is 6.35. The van der Waals surface area contributed by atoms with E-state index in [2.05, 4.69) is 126 Å². The van der Waals surface area contributed by atoms with Gasteiger partial charge in [0.05, 0.1) is 5.92 Å². The molecule has 0 N–H and O–H groups in total. The van der Waals surface area contributed by atoms with Crippen LogP contribution in [0.2, 0.25) is 0 Å². The van der Waals surface area contributed by atoms with E-state index in [4.69, 9.17) is 9.47 Å². The zero-order valence-electron chi connectivity index (χ0n) is 27.6. The number of hydrogen-bond donors (Lipinski definition) is 0. The third kappa shape index (κ3) is 9.68. The fraction of sp³-hybridized carbons (Fsp3) is 0.279. The molecule has 0 radical (unpaired) electrons. The molecule has 0 aliphatic rings. The lowest BCUT2D eigenvalue weighted by Gasteiger charge is -2.28. The van der Waals surface area contributed by atoms with Crippen molar-refractivity contribution < 1.29 is 14.3 Å². The Balaban J connectivity index is 1.32. The van der Waals surface area contributed by atoms with Crippen LogP contribution in [0.5, 0.6) is 11.5 Å². The second-order valence-electron chi connectivity index (χ2n) is 12.5. The van der Waals surface area contributed by atoms with Gasteiger partial charge in [0, 0.05) is 4.83 Å². The first-order valence-electron chi connectivity index (χ1n) is 16.7. The first kappa shape index (κ1) is 34.2. The van der Waals surface area contributed by atoms with Gasteiger partial charge < -0.3 is 9.47 Å². The van der Waals surface area contributed by atoms with Crippen LogP contribution in [0.1, 0.15) is 83.2 Å². The number of benzene rings is 5. The minimum atomic E-state index is -0.288. The maximum absolute atomic E-state index is 13.8. The zero-order valence-corrected chi connectivity index (χ0v) is 29.2. The number of esters is 1. The number of carbonyl (C=O) groups is 1. The third-order valence-electron chi connectivity index (χ3n) is 8.96. The molecule has 4 unspecified atom stereocenters. The Kier molecular flexibility index (Phi) is 12.5. The van der Waals surface area contributed by atoms with E-state index in [1.54, 1.807) is 0 Å². The van der Waals surface area contributed by atoms with Crippen molar-refractivity contribution in [2.75, 3.05) is 0 Å². The molecule has 0 aliphatic carbocycles. The van der Waals surface area contributed by atoms with Crippen LogP contribution >= 0.6 is 15.9 Å². The molecule has 0 saturated carbocycles. The van der Waals surface area contributed by atoms with Crippen LogP contribution in [0, 0.1) is 12.8 Å². The van der Waals surface area contributed by atoms with Crippen LogP contribution in [-0.2, 0) is 17.8 Å². The summed E-state index contributed by atoms with van der Waals surface area (Å²) in [6.07, 6.45) is 3.31. The SMILES string of the molecule is CCc1cc(OCc2ccccc2)cc(C)c1OC(=O)C(C)CC(CC(CC(Br)c1ccccc1)c1ccccc1)c1ccccc1. The molecule has 4 heteroatoms. The lowest BCUT2D eigenvalue weighted by atomic mass is 9.78. The predicted molar refractivity (Wildman–Crippen MR) is 196 cm³/mol. The lowest BCUT2D eigenvalue weighted by molar-refractivity contribution is -0.138. The van der Waals surface area contributed by atoms with Gasteiger partial charge in [0.15, 0.2) is 0 Å². The fourth-order valence-corrected chi connectivity index (χ4v) is 7.10. The Labute approximate surface area is 289 Å². The summed E-state index contributed by atoms with van der Waals surface area (Å²) in [4.78, 5) is 14.0. The average Bonchev–Trinajstić information content (AvgIpc) is 3.12. The van der Waals surface area contributed by atoms with Crippen molar-refractivity contribution in [1.29, 1.82) is 0 Å². The van der Waals surface area contributed by atoms with Crippen molar-refractivity contribution in [3.63, 3.8) is 0 Å². The summed E-state index contributed by atoms with van der Waals surface area (Å²) in [7, 11) is 0. The molecule has 0 aliphatic heterocycles. The number of halogens is 1. The normalized spacial score (nSPS) is 13.7. The molecule has 0 heterocycles. The number of rotatable bonds is 15. The molecule has 5 aromatic rings. The summed E-state index contributed by atoms with van der Waals surface area (Å²) in [6, 6.07) is 46.1. The van der Waals surface area contributed by atoms with Crippen LogP contribution in [0.4, 0.5) is 0 Å². The molecule has 0 amide bonds. The quantitative estimate of drug-likeness (QED) is 0.0624. The molecule has 5 aromatic carbocycles. The second-order valence-corrected chi connectivity index (χ2v) is 13.6. The van der Waals surface area contributed by atoms with Crippen LogP contribution in [-0.4, -0.2) is 5.97 Å². The molecule has 0 saturated heterocycles. The number of aryl methyl sites for hydroxylation is 2. The van der Waals surface area contributed by atoms with Crippen LogP contribution in [0.15, 0.2) is 133 Å². The molecule has 0 aromatic heterocycles. The van der Waals surface area contributed by atoms with Gasteiger partial charge in [-0.1, -0.05) is 151 Å². The Morgan fingerprint density at radius 2 is 1.19 bits per heavy atom. The second kappa shape index (κ2) is 17.1. The Hall–Kier alpha value is -4.15. The van der Waals surface area contributed by atoms with Gasteiger partial charge in [-0.2, -0.15) is 0 Å². The van der Waals surface area contributed by atoms with Gasteiger partial charge in [-0.15, -0.1) is 0 Å². The molecule has 242 valence electrons. The van der Waals surface area contributed by atoms with Crippen LogP contribution < -0.4 is 9.47 Å². The van der Waals surface area contributed by atoms with Gasteiger partial charge in [-0.3, -0.25) is 4.79 Å². The average molecular weight is 690 g/mol. The van der Waals surface area contributed by atoms with Gasteiger partial charge in [0.25, 0.3) is 0 Å². The summed E-state index contributed by atoms with van der Waals surface area (Å²) in [5, 5.41) is 0. The van der Waals surface area contributed by atoms with Gasteiger partial charge in [0.2, 0.25) is 0 Å². The van der Waals surface area contributed by atoms with Gasteiger partial charge >= 0.3 is 5.97 Å². The maximum atomic E-state index is 13.8. The Morgan fingerprint density at radius 3 is 1.74 bits per heavy atom. The minimum absolute atomic E-state index is 0.180. The largest absolute Gasteiger partial charge is 0.489 e. The van der Waals surface area contributed by atoms with Crippen LogP contribution in [0.25, 0.3) is 0 Å². The number of hydrogen-bond acceptors (Lipinski definition) is 3. The lowest BCUT2D eigenvalue weighted by Crippen LogP contribution is -2.22. The predicted octanol–water partition coefficient (Wildman–Crippen LogP) is 11.6. The first-order valence-corrected chi connectivity index (χ1v) is 17.6. The van der Waals surface area contributed by atoms with Crippen LogP contribution in [0.3, 0.4) is 0 Å². The van der Waals surface area contributed by atoms with E-state index in [1.807, 2.05) is 44.2 Å². The molecule has 3 nitrogen and oxygen atoms in total. The number of carbonyl (C=O) groups excluding carboxylic acids is 1. The van der Waals surface area contributed by atoms with E-state index in [1.165, 1.54) is 16.7 Å². The summed E-state index contributed by atoms with van der Waals surface area (Å²) in [6.45, 7) is 6.57. The standard InChI is InChI=1S/C43H45BrO3/c1-4-34-28-40(46-30-33-17-9-5-10-18-33)26-31(2)42(34)47-43(45)32(3)25-38(35-19-11-6-12-20-35)27-39(36-21-13-7-14-22-36)29-41(44)37-23-15-8-16-24-37/h5-24,26,28,32,38-39,41H,4,25,27,29-30H2,1-3H3. The summed E-state index contributed by atoms with van der Waals surface area (Å²) >= 11 is 4.01. The smallest absolute Gasteiger partial charge is 0.314 e. The van der Waals surface area contributed by atoms with Crippen molar-refractivity contribution in [3.05, 3.63) is 167 Å². The molecule has 4 atom stereocenters. The number of ether oxygens (including phenoxy) is 2. The van der Waals surface area contributed by atoms with Crippen molar-refractivity contribution >= 4 is 21.9 Å². The summed E-state index contributed by atoms with van der Waals surface area (Å²) in [5.74, 6) is 1.43. The van der Waals surface area contributed by atoms with Crippen molar-refractivity contribution in [2.45, 2.75) is 69.7 Å². The summed E-state index contributed by atoms with van der Waals surface area (Å²) < 4.78 is 12.3. The highest BCUT2D eigenvalue weighted by molar-refractivity contribution is 9.09. The molecule has 0 bridgehead atoms. The summed E-state index contributed by atoms with van der Waals surface area (Å²) in [5.41, 5.74) is 6.84. The zero-order chi connectivity index (χ0) is 33.0. The molecule has 5 rings (SSSR count). The highest BCUT2D eigenvalue weighted by Crippen LogP contribution is 2.42. The highest BCUT2D eigenvalue weighted by Gasteiger charge is 2.28. The van der Waals surface area contributed by atoms with Gasteiger partial charge in [-0.25, -0.2) is 0 Å². The van der Waals surface area contributed by atoms with E-state index in [0.29, 0.717) is 24.7 Å². The third-order valence-corrected chi connectivity index (χ3v) is 9.86. The Bertz CT molecular complexity index is 1670.